The van der Waals surface area contributed by atoms with E-state index >= 15 is 0 Å². The van der Waals surface area contributed by atoms with Gasteiger partial charge in [0.1, 0.15) is 11.6 Å². The first-order chi connectivity index (χ1) is 15.1. The molecule has 0 radical (unpaired) electrons. The van der Waals surface area contributed by atoms with Crippen LogP contribution in [0.2, 0.25) is 0 Å². The Balaban J connectivity index is 1.35. The second kappa shape index (κ2) is 8.27. The highest BCUT2D eigenvalue weighted by Crippen LogP contribution is 2.23. The second-order valence-corrected chi connectivity index (χ2v) is 8.03. The van der Waals surface area contributed by atoms with Gasteiger partial charge in [-0.3, -0.25) is 0 Å². The number of aryl methyl sites for hydroxylation is 1. The van der Waals surface area contributed by atoms with Gasteiger partial charge in [0.2, 0.25) is 5.95 Å². The molecular formula is C22H25N9. The van der Waals surface area contributed by atoms with Crippen LogP contribution in [-0.2, 0) is 0 Å². The van der Waals surface area contributed by atoms with Gasteiger partial charge in [0.05, 0.1) is 11.9 Å². The summed E-state index contributed by atoms with van der Waals surface area (Å²) in [6.07, 6.45) is 11.3. The molecule has 31 heavy (non-hydrogen) atoms. The van der Waals surface area contributed by atoms with Crippen molar-refractivity contribution >= 4 is 23.2 Å². The summed E-state index contributed by atoms with van der Waals surface area (Å²) in [4.78, 5) is 17.6. The average molecular weight is 416 g/mol. The van der Waals surface area contributed by atoms with Crippen LogP contribution < -0.4 is 16.4 Å². The van der Waals surface area contributed by atoms with Crippen molar-refractivity contribution in [2.75, 3.05) is 10.6 Å². The number of imidazole rings is 1. The van der Waals surface area contributed by atoms with Crippen molar-refractivity contribution in [3.63, 3.8) is 0 Å². The maximum Gasteiger partial charge on any atom is 0.228 e. The molecule has 0 saturated heterocycles. The summed E-state index contributed by atoms with van der Waals surface area (Å²) < 4.78 is 1.82. The van der Waals surface area contributed by atoms with E-state index in [1.54, 1.807) is 24.8 Å². The van der Waals surface area contributed by atoms with Crippen LogP contribution in [-0.4, -0.2) is 41.6 Å². The maximum absolute atomic E-state index is 6.02. The highest BCUT2D eigenvalue weighted by atomic mass is 15.3. The number of fused-ring (bicyclic) bond motifs is 1. The highest BCUT2D eigenvalue weighted by Gasteiger charge is 2.19. The van der Waals surface area contributed by atoms with Gasteiger partial charge in [-0.1, -0.05) is 6.07 Å². The first kappa shape index (κ1) is 19.4. The van der Waals surface area contributed by atoms with Crippen molar-refractivity contribution in [2.24, 2.45) is 5.73 Å². The zero-order chi connectivity index (χ0) is 21.2. The molecule has 4 aromatic heterocycles. The number of rotatable bonds is 5. The monoisotopic (exact) mass is 415 g/mol. The molecule has 0 amide bonds. The van der Waals surface area contributed by atoms with E-state index in [2.05, 4.69) is 30.6 Å². The van der Waals surface area contributed by atoms with E-state index < -0.39 is 0 Å². The summed E-state index contributed by atoms with van der Waals surface area (Å²) >= 11 is 0. The van der Waals surface area contributed by atoms with Crippen molar-refractivity contribution in [3.8, 4) is 11.3 Å². The van der Waals surface area contributed by atoms with Gasteiger partial charge in [0, 0.05) is 36.2 Å². The van der Waals surface area contributed by atoms with E-state index in [1.165, 1.54) is 0 Å². The third kappa shape index (κ3) is 4.31. The molecule has 1 saturated carbocycles. The summed E-state index contributed by atoms with van der Waals surface area (Å²) in [5, 5.41) is 11.4. The smallest absolute Gasteiger partial charge is 0.228 e. The number of nitrogens with one attached hydrogen (secondary N) is 2. The Hall–Kier alpha value is -3.59. The molecule has 0 atom stereocenters. The molecular weight excluding hydrogens is 390 g/mol. The fourth-order valence-corrected chi connectivity index (χ4v) is 3.80. The molecule has 0 spiro atoms. The van der Waals surface area contributed by atoms with Gasteiger partial charge >= 0.3 is 0 Å². The van der Waals surface area contributed by atoms with Gasteiger partial charge in [-0.2, -0.15) is 0 Å². The topological polar surface area (TPSA) is 119 Å². The summed E-state index contributed by atoms with van der Waals surface area (Å²) in [7, 11) is 0. The Morgan fingerprint density at radius 3 is 2.39 bits per heavy atom. The van der Waals surface area contributed by atoms with Gasteiger partial charge in [0.25, 0.3) is 0 Å². The molecule has 1 fully saturated rings. The minimum atomic E-state index is 0.327. The maximum atomic E-state index is 6.02. The predicted octanol–water partition coefficient (Wildman–Crippen LogP) is 3.32. The van der Waals surface area contributed by atoms with Crippen LogP contribution in [0.25, 0.3) is 16.9 Å². The summed E-state index contributed by atoms with van der Waals surface area (Å²) in [6.45, 7) is 2.00. The van der Waals surface area contributed by atoms with Crippen molar-refractivity contribution in [2.45, 2.75) is 44.7 Å². The molecule has 158 valence electrons. The molecule has 4 aromatic rings. The lowest BCUT2D eigenvalue weighted by Gasteiger charge is -2.27. The fraction of sp³-hybridized carbons (Fsp3) is 0.318. The lowest BCUT2D eigenvalue weighted by atomic mass is 9.92. The molecule has 1 aliphatic carbocycles. The Labute approximate surface area is 180 Å². The Kier molecular flexibility index (Phi) is 5.17. The lowest BCUT2D eigenvalue weighted by Crippen LogP contribution is -2.33. The standard InChI is InChI=1S/C22H25N9/c1-14-2-7-19(24-10-14)29-22-26-11-15(12-27-22)18-13-25-21-9-8-20(30-31(18)21)28-17-5-3-16(23)4-6-17/h2,7-13,16-17H,3-6,23H2,1H3,(H,28,30)(H,24,26,27,29). The van der Waals surface area contributed by atoms with E-state index in [-0.39, 0.29) is 0 Å². The number of hydrogen-bond donors (Lipinski definition) is 3. The number of anilines is 3. The predicted molar refractivity (Wildman–Crippen MR) is 120 cm³/mol. The average Bonchev–Trinajstić information content (AvgIpc) is 3.21. The van der Waals surface area contributed by atoms with Crippen LogP contribution in [0, 0.1) is 6.92 Å². The SMILES string of the molecule is Cc1ccc(Nc2ncc(-c3cnc4ccc(NC5CCC(N)CC5)nn34)cn2)nc1. The third-order valence-corrected chi connectivity index (χ3v) is 5.58. The number of nitrogens with zero attached hydrogens (tertiary/aromatic N) is 6. The van der Waals surface area contributed by atoms with Crippen LogP contribution in [0.3, 0.4) is 0 Å². The first-order valence-corrected chi connectivity index (χ1v) is 10.5. The molecule has 4 N–H and O–H groups in total. The molecule has 9 heteroatoms. The van der Waals surface area contributed by atoms with Gasteiger partial charge in [-0.05, 0) is 56.4 Å². The Morgan fingerprint density at radius 2 is 1.65 bits per heavy atom. The molecule has 0 unspecified atom stereocenters. The number of pyridine rings is 1. The highest BCUT2D eigenvalue weighted by molar-refractivity contribution is 5.63. The summed E-state index contributed by atoms with van der Waals surface area (Å²) in [6, 6.07) is 8.55. The van der Waals surface area contributed by atoms with Crippen LogP contribution in [0.1, 0.15) is 31.2 Å². The van der Waals surface area contributed by atoms with Crippen LogP contribution in [0.5, 0.6) is 0 Å². The van der Waals surface area contributed by atoms with E-state index in [4.69, 9.17) is 10.8 Å². The van der Waals surface area contributed by atoms with Crippen molar-refractivity contribution in [1.29, 1.82) is 0 Å². The molecule has 0 aliphatic heterocycles. The Morgan fingerprint density at radius 1 is 0.871 bits per heavy atom. The van der Waals surface area contributed by atoms with E-state index in [9.17, 15) is 0 Å². The quantitative estimate of drug-likeness (QED) is 0.454. The van der Waals surface area contributed by atoms with Crippen LogP contribution in [0.15, 0.2) is 49.1 Å². The molecule has 1 aliphatic rings. The second-order valence-electron chi connectivity index (χ2n) is 8.03. The molecule has 9 nitrogen and oxygen atoms in total. The van der Waals surface area contributed by atoms with Crippen molar-refractivity contribution < 1.29 is 0 Å². The van der Waals surface area contributed by atoms with E-state index in [0.29, 0.717) is 23.8 Å². The molecule has 0 aromatic carbocycles. The van der Waals surface area contributed by atoms with Crippen LogP contribution >= 0.6 is 0 Å². The zero-order valence-electron chi connectivity index (χ0n) is 17.4. The first-order valence-electron chi connectivity index (χ1n) is 10.5. The van der Waals surface area contributed by atoms with Gasteiger partial charge in [0.15, 0.2) is 5.65 Å². The van der Waals surface area contributed by atoms with Gasteiger partial charge < -0.3 is 16.4 Å². The zero-order valence-corrected chi connectivity index (χ0v) is 17.4. The van der Waals surface area contributed by atoms with Gasteiger partial charge in [-0.25, -0.2) is 24.5 Å². The van der Waals surface area contributed by atoms with Crippen LogP contribution in [0.4, 0.5) is 17.6 Å². The normalized spacial score (nSPS) is 18.8. The number of hydrogen-bond acceptors (Lipinski definition) is 8. The number of nitrogens with two attached hydrogens (primary N) is 1. The lowest BCUT2D eigenvalue weighted by molar-refractivity contribution is 0.410. The molecule has 5 rings (SSSR count). The van der Waals surface area contributed by atoms with Crippen molar-refractivity contribution in [1.82, 2.24) is 29.5 Å². The Bertz CT molecular complexity index is 1160. The minimum absolute atomic E-state index is 0.327. The number of aromatic nitrogens is 6. The third-order valence-electron chi connectivity index (χ3n) is 5.58. The van der Waals surface area contributed by atoms with E-state index in [1.807, 2.05) is 35.7 Å². The minimum Gasteiger partial charge on any atom is -0.366 e. The summed E-state index contributed by atoms with van der Waals surface area (Å²) in [5.41, 5.74) is 9.57. The largest absolute Gasteiger partial charge is 0.366 e. The molecule has 4 heterocycles. The van der Waals surface area contributed by atoms with Crippen molar-refractivity contribution in [3.05, 3.63) is 54.6 Å². The van der Waals surface area contributed by atoms with E-state index in [0.717, 1.165) is 54.0 Å². The van der Waals surface area contributed by atoms with Gasteiger partial charge in [-0.15, -0.1) is 5.10 Å². The molecule has 0 bridgehead atoms. The summed E-state index contributed by atoms with van der Waals surface area (Å²) in [5.74, 6) is 2.02. The fourth-order valence-electron chi connectivity index (χ4n) is 3.80.